The average Bonchev–Trinajstić information content (AvgIpc) is 2.47. The van der Waals surface area contributed by atoms with Crippen molar-refractivity contribution in [2.24, 2.45) is 0 Å². The first-order chi connectivity index (χ1) is 10.2. The highest BCUT2D eigenvalue weighted by Crippen LogP contribution is 2.34. The molecule has 0 saturated heterocycles. The molecular formula is C15H19N5O. The van der Waals surface area contributed by atoms with Gasteiger partial charge in [0.1, 0.15) is 11.6 Å². The van der Waals surface area contributed by atoms with Crippen LogP contribution in [0.5, 0.6) is 5.75 Å². The molecule has 1 atom stereocenters. The van der Waals surface area contributed by atoms with Gasteiger partial charge in [-0.05, 0) is 13.0 Å². The van der Waals surface area contributed by atoms with Crippen molar-refractivity contribution in [3.8, 4) is 5.75 Å². The number of nitrogens with one attached hydrogen (secondary N) is 1. The van der Waals surface area contributed by atoms with Crippen molar-refractivity contribution in [1.29, 1.82) is 0 Å². The molecule has 6 heteroatoms. The molecule has 1 aromatic carbocycles. The van der Waals surface area contributed by atoms with Crippen LogP contribution in [0.2, 0.25) is 0 Å². The van der Waals surface area contributed by atoms with Gasteiger partial charge in [-0.2, -0.15) is 15.0 Å². The van der Waals surface area contributed by atoms with E-state index in [1.807, 2.05) is 13.0 Å². The highest BCUT2D eigenvalue weighted by molar-refractivity contribution is 5.44. The molecule has 0 radical (unpaired) electrons. The summed E-state index contributed by atoms with van der Waals surface area (Å²) in [6.45, 7) is 4.74. The van der Waals surface area contributed by atoms with E-state index in [-0.39, 0.29) is 12.0 Å². The third-order valence-corrected chi connectivity index (χ3v) is 3.52. The van der Waals surface area contributed by atoms with Gasteiger partial charge in [-0.1, -0.05) is 24.6 Å². The zero-order valence-electron chi connectivity index (χ0n) is 12.3. The number of benzene rings is 1. The Morgan fingerprint density at radius 1 is 1.33 bits per heavy atom. The van der Waals surface area contributed by atoms with E-state index in [0.29, 0.717) is 18.4 Å². The Balaban J connectivity index is 1.90. The van der Waals surface area contributed by atoms with Crippen molar-refractivity contribution in [2.75, 3.05) is 17.7 Å². The molecule has 0 aliphatic carbocycles. The van der Waals surface area contributed by atoms with Gasteiger partial charge in [-0.15, -0.1) is 0 Å². The zero-order chi connectivity index (χ0) is 14.8. The Bertz CT molecular complexity index is 659. The molecule has 6 nitrogen and oxygen atoms in total. The van der Waals surface area contributed by atoms with Gasteiger partial charge >= 0.3 is 0 Å². The van der Waals surface area contributed by atoms with Gasteiger partial charge in [0, 0.05) is 18.4 Å². The van der Waals surface area contributed by atoms with Gasteiger partial charge in [0.15, 0.2) is 0 Å². The molecule has 1 unspecified atom stereocenters. The Labute approximate surface area is 123 Å². The number of nitrogen functional groups attached to an aromatic ring is 1. The van der Waals surface area contributed by atoms with Crippen LogP contribution in [0.15, 0.2) is 18.2 Å². The molecule has 2 heterocycles. The molecule has 1 aliphatic heterocycles. The molecular weight excluding hydrogens is 266 g/mol. The number of aryl methyl sites for hydroxylation is 2. The first-order valence-corrected chi connectivity index (χ1v) is 7.16. The van der Waals surface area contributed by atoms with E-state index in [2.05, 4.69) is 39.3 Å². The van der Waals surface area contributed by atoms with Crippen LogP contribution in [0.25, 0.3) is 0 Å². The molecule has 0 fully saturated rings. The molecule has 0 bridgehead atoms. The monoisotopic (exact) mass is 285 g/mol. The topological polar surface area (TPSA) is 86.0 Å². The Kier molecular flexibility index (Phi) is 3.60. The van der Waals surface area contributed by atoms with E-state index < -0.39 is 0 Å². The van der Waals surface area contributed by atoms with Gasteiger partial charge in [0.25, 0.3) is 0 Å². The van der Waals surface area contributed by atoms with E-state index in [0.717, 1.165) is 24.2 Å². The van der Waals surface area contributed by atoms with Gasteiger partial charge in [0.05, 0.1) is 12.6 Å². The molecule has 1 aliphatic rings. The normalized spacial score (nSPS) is 17.0. The van der Waals surface area contributed by atoms with Crippen molar-refractivity contribution >= 4 is 11.9 Å². The molecule has 0 amide bonds. The maximum atomic E-state index is 5.73. The summed E-state index contributed by atoms with van der Waals surface area (Å²) in [5, 5.41) is 3.36. The summed E-state index contributed by atoms with van der Waals surface area (Å²) >= 11 is 0. The number of rotatable bonds is 3. The molecule has 110 valence electrons. The zero-order valence-corrected chi connectivity index (χ0v) is 12.3. The lowest BCUT2D eigenvalue weighted by molar-refractivity contribution is 0.274. The number of ether oxygens (including phenoxy) is 1. The smallest absolute Gasteiger partial charge is 0.228 e. The van der Waals surface area contributed by atoms with Crippen LogP contribution in [-0.2, 0) is 6.42 Å². The number of nitrogens with two attached hydrogens (primary N) is 1. The second kappa shape index (κ2) is 5.55. The standard InChI is InChI=1S/C15H19N5O/c1-3-13-18-14(16)20-15(19-13)17-11-6-7-21-12-5-4-9(2)8-10(11)12/h4-5,8,11H,3,6-7H2,1-2H3,(H3,16,17,18,19,20). The first kappa shape index (κ1) is 13.6. The molecule has 1 aromatic heterocycles. The largest absolute Gasteiger partial charge is 0.493 e. The SMILES string of the molecule is CCc1nc(N)nc(NC2CCOc3ccc(C)cc32)n1. The number of anilines is 2. The fourth-order valence-electron chi connectivity index (χ4n) is 2.48. The van der Waals surface area contributed by atoms with Gasteiger partial charge in [0.2, 0.25) is 11.9 Å². The van der Waals surface area contributed by atoms with E-state index in [4.69, 9.17) is 10.5 Å². The average molecular weight is 285 g/mol. The highest BCUT2D eigenvalue weighted by Gasteiger charge is 2.22. The Morgan fingerprint density at radius 2 is 2.19 bits per heavy atom. The van der Waals surface area contributed by atoms with Crippen LogP contribution in [0.3, 0.4) is 0 Å². The third kappa shape index (κ3) is 2.89. The summed E-state index contributed by atoms with van der Waals surface area (Å²) in [6, 6.07) is 6.33. The summed E-state index contributed by atoms with van der Waals surface area (Å²) < 4.78 is 5.70. The van der Waals surface area contributed by atoms with Crippen LogP contribution in [0.1, 0.15) is 36.3 Å². The summed E-state index contributed by atoms with van der Waals surface area (Å²) in [5.74, 6) is 2.39. The van der Waals surface area contributed by atoms with Gasteiger partial charge in [-0.25, -0.2) is 0 Å². The fraction of sp³-hybridized carbons (Fsp3) is 0.400. The minimum atomic E-state index is 0.125. The van der Waals surface area contributed by atoms with Crippen molar-refractivity contribution in [1.82, 2.24) is 15.0 Å². The summed E-state index contributed by atoms with van der Waals surface area (Å²) in [7, 11) is 0. The number of hydrogen-bond donors (Lipinski definition) is 2. The molecule has 2 aromatic rings. The van der Waals surface area contributed by atoms with Crippen molar-refractivity contribution in [2.45, 2.75) is 32.7 Å². The predicted octanol–water partition coefficient (Wildman–Crippen LogP) is 2.26. The third-order valence-electron chi connectivity index (χ3n) is 3.52. The van der Waals surface area contributed by atoms with Crippen LogP contribution in [0, 0.1) is 6.92 Å². The number of nitrogens with zero attached hydrogens (tertiary/aromatic N) is 3. The fourth-order valence-corrected chi connectivity index (χ4v) is 2.48. The van der Waals surface area contributed by atoms with E-state index in [1.165, 1.54) is 5.56 Å². The second-order valence-corrected chi connectivity index (χ2v) is 5.16. The summed E-state index contributed by atoms with van der Waals surface area (Å²) in [5.41, 5.74) is 8.07. The van der Waals surface area contributed by atoms with Gasteiger partial charge in [-0.3, -0.25) is 0 Å². The van der Waals surface area contributed by atoms with Crippen LogP contribution < -0.4 is 15.8 Å². The number of aromatic nitrogens is 3. The maximum absolute atomic E-state index is 5.73. The molecule has 0 saturated carbocycles. The van der Waals surface area contributed by atoms with Crippen LogP contribution in [-0.4, -0.2) is 21.6 Å². The first-order valence-electron chi connectivity index (χ1n) is 7.16. The lowest BCUT2D eigenvalue weighted by Gasteiger charge is -2.27. The van der Waals surface area contributed by atoms with Crippen LogP contribution in [0.4, 0.5) is 11.9 Å². The molecule has 0 spiro atoms. The maximum Gasteiger partial charge on any atom is 0.228 e. The highest BCUT2D eigenvalue weighted by atomic mass is 16.5. The van der Waals surface area contributed by atoms with E-state index in [9.17, 15) is 0 Å². The van der Waals surface area contributed by atoms with Crippen molar-refractivity contribution < 1.29 is 4.74 Å². The second-order valence-electron chi connectivity index (χ2n) is 5.16. The minimum absolute atomic E-state index is 0.125. The van der Waals surface area contributed by atoms with Crippen LogP contribution >= 0.6 is 0 Å². The lowest BCUT2D eigenvalue weighted by atomic mass is 9.99. The molecule has 21 heavy (non-hydrogen) atoms. The number of hydrogen-bond acceptors (Lipinski definition) is 6. The lowest BCUT2D eigenvalue weighted by Crippen LogP contribution is -2.22. The predicted molar refractivity (Wildman–Crippen MR) is 81.3 cm³/mol. The van der Waals surface area contributed by atoms with Gasteiger partial charge < -0.3 is 15.8 Å². The quantitative estimate of drug-likeness (QED) is 0.899. The van der Waals surface area contributed by atoms with Crippen molar-refractivity contribution in [3.63, 3.8) is 0 Å². The summed E-state index contributed by atoms with van der Waals surface area (Å²) in [6.07, 6.45) is 1.59. The molecule has 3 rings (SSSR count). The van der Waals surface area contributed by atoms with Crippen molar-refractivity contribution in [3.05, 3.63) is 35.2 Å². The minimum Gasteiger partial charge on any atom is -0.493 e. The van der Waals surface area contributed by atoms with E-state index in [1.54, 1.807) is 0 Å². The van der Waals surface area contributed by atoms with E-state index >= 15 is 0 Å². The Morgan fingerprint density at radius 3 is 3.00 bits per heavy atom. The number of fused-ring (bicyclic) bond motifs is 1. The Hall–Kier alpha value is -2.37. The summed E-state index contributed by atoms with van der Waals surface area (Å²) in [4.78, 5) is 12.7. The molecule has 3 N–H and O–H groups in total.